The van der Waals surface area contributed by atoms with Crippen molar-refractivity contribution in [3.63, 3.8) is 0 Å². The highest BCUT2D eigenvalue weighted by Gasteiger charge is 2.11. The number of rotatable bonds is 4. The maximum atomic E-state index is 12.9. The van der Waals surface area contributed by atoms with Crippen molar-refractivity contribution in [2.75, 3.05) is 0 Å². The van der Waals surface area contributed by atoms with Crippen molar-refractivity contribution in [3.8, 4) is 11.4 Å². The molecular weight excluding hydrogens is 275 g/mol. The van der Waals surface area contributed by atoms with Crippen LogP contribution in [0.4, 0.5) is 4.39 Å². The number of halogens is 1. The zero-order valence-corrected chi connectivity index (χ0v) is 11.3. The van der Waals surface area contributed by atoms with Crippen molar-refractivity contribution >= 4 is 0 Å². The topological polar surface area (TPSA) is 95.7 Å². The molecule has 0 saturated carbocycles. The third-order valence-electron chi connectivity index (χ3n) is 2.89. The van der Waals surface area contributed by atoms with Gasteiger partial charge in [0.2, 0.25) is 11.7 Å². The van der Waals surface area contributed by atoms with Crippen LogP contribution in [-0.4, -0.2) is 25.1 Å². The van der Waals surface area contributed by atoms with Gasteiger partial charge >= 0.3 is 0 Å². The molecule has 0 aliphatic heterocycles. The van der Waals surface area contributed by atoms with Gasteiger partial charge in [-0.1, -0.05) is 10.4 Å². The Bertz CT molecular complexity index is 733. The van der Waals surface area contributed by atoms with E-state index in [1.807, 2.05) is 6.92 Å². The third kappa shape index (κ3) is 2.95. The van der Waals surface area contributed by atoms with Crippen LogP contribution in [0.3, 0.4) is 0 Å². The number of nitrogens with zero attached hydrogens (tertiary/aromatic N) is 5. The molecule has 2 heterocycles. The average Bonchev–Trinajstić information content (AvgIpc) is 3.10. The van der Waals surface area contributed by atoms with E-state index in [1.54, 1.807) is 23.0 Å². The Morgan fingerprint density at radius 3 is 2.76 bits per heavy atom. The molecule has 0 aliphatic carbocycles. The van der Waals surface area contributed by atoms with Crippen LogP contribution in [0.5, 0.6) is 0 Å². The quantitative estimate of drug-likeness (QED) is 0.782. The number of hydrogen-bond acceptors (Lipinski definition) is 6. The lowest BCUT2D eigenvalue weighted by atomic mass is 10.2. The zero-order valence-electron chi connectivity index (χ0n) is 11.3. The van der Waals surface area contributed by atoms with Crippen LogP contribution in [0.15, 0.2) is 35.0 Å². The molecule has 3 aromatic rings. The van der Waals surface area contributed by atoms with Gasteiger partial charge in [0.15, 0.2) is 0 Å². The summed E-state index contributed by atoms with van der Waals surface area (Å²) in [4.78, 5) is 4.24. The molecule has 0 radical (unpaired) electrons. The van der Waals surface area contributed by atoms with E-state index in [4.69, 9.17) is 10.3 Å². The van der Waals surface area contributed by atoms with Crippen LogP contribution in [0.1, 0.15) is 24.6 Å². The highest BCUT2D eigenvalue weighted by Crippen LogP contribution is 2.16. The normalized spacial score (nSPS) is 12.5. The van der Waals surface area contributed by atoms with Gasteiger partial charge in [0.05, 0.1) is 11.9 Å². The molecule has 0 aliphatic rings. The molecule has 7 nitrogen and oxygen atoms in total. The summed E-state index contributed by atoms with van der Waals surface area (Å²) in [6.07, 6.45) is 1.73. The van der Waals surface area contributed by atoms with Crippen LogP contribution in [0.25, 0.3) is 11.4 Å². The minimum absolute atomic E-state index is 0.184. The molecule has 0 saturated heterocycles. The Morgan fingerprint density at radius 1 is 1.33 bits per heavy atom. The molecule has 2 N–H and O–H groups in total. The number of benzene rings is 1. The first-order chi connectivity index (χ1) is 10.1. The Labute approximate surface area is 119 Å². The van der Waals surface area contributed by atoms with Crippen molar-refractivity contribution in [3.05, 3.63) is 47.9 Å². The van der Waals surface area contributed by atoms with E-state index in [0.717, 1.165) is 0 Å². The first-order valence-corrected chi connectivity index (χ1v) is 6.36. The van der Waals surface area contributed by atoms with Crippen molar-refractivity contribution in [1.29, 1.82) is 0 Å². The van der Waals surface area contributed by atoms with E-state index < -0.39 is 0 Å². The predicted octanol–water partition coefficient (Wildman–Crippen LogP) is 1.54. The van der Waals surface area contributed by atoms with E-state index in [-0.39, 0.29) is 11.9 Å². The van der Waals surface area contributed by atoms with E-state index >= 15 is 0 Å². The minimum atomic E-state index is -0.312. The monoisotopic (exact) mass is 288 g/mol. The fraction of sp³-hybridized carbons (Fsp3) is 0.231. The molecule has 1 atom stereocenters. The largest absolute Gasteiger partial charge is 0.337 e. The first-order valence-electron chi connectivity index (χ1n) is 6.36. The molecule has 8 heteroatoms. The highest BCUT2D eigenvalue weighted by atomic mass is 19.1. The average molecular weight is 288 g/mol. The van der Waals surface area contributed by atoms with Crippen LogP contribution < -0.4 is 5.73 Å². The maximum Gasteiger partial charge on any atom is 0.248 e. The van der Waals surface area contributed by atoms with Crippen molar-refractivity contribution in [2.24, 2.45) is 5.73 Å². The molecule has 108 valence electrons. The van der Waals surface area contributed by atoms with Crippen LogP contribution in [0.2, 0.25) is 0 Å². The lowest BCUT2D eigenvalue weighted by molar-refractivity contribution is 0.364. The summed E-state index contributed by atoms with van der Waals surface area (Å²) in [6, 6.07) is 5.69. The molecule has 2 aromatic heterocycles. The van der Waals surface area contributed by atoms with Crippen molar-refractivity contribution < 1.29 is 8.91 Å². The van der Waals surface area contributed by atoms with Gasteiger partial charge in [-0.2, -0.15) is 4.98 Å². The Hall–Kier alpha value is -2.61. The van der Waals surface area contributed by atoms with E-state index in [1.165, 1.54) is 12.1 Å². The van der Waals surface area contributed by atoms with Gasteiger partial charge in [-0.3, -0.25) is 0 Å². The summed E-state index contributed by atoms with van der Waals surface area (Å²) < 4.78 is 19.6. The molecule has 21 heavy (non-hydrogen) atoms. The van der Waals surface area contributed by atoms with Crippen LogP contribution in [-0.2, 0) is 6.54 Å². The second kappa shape index (κ2) is 5.41. The fourth-order valence-electron chi connectivity index (χ4n) is 1.77. The smallest absolute Gasteiger partial charge is 0.248 e. The van der Waals surface area contributed by atoms with Crippen molar-refractivity contribution in [2.45, 2.75) is 19.5 Å². The van der Waals surface area contributed by atoms with Gasteiger partial charge in [0.1, 0.15) is 12.4 Å². The van der Waals surface area contributed by atoms with Crippen LogP contribution in [0, 0.1) is 5.82 Å². The molecule has 3 rings (SSSR count). The predicted molar refractivity (Wildman–Crippen MR) is 71.4 cm³/mol. The number of aromatic nitrogens is 5. The molecular formula is C13H13FN6O. The lowest BCUT2D eigenvalue weighted by Gasteiger charge is -1.96. The van der Waals surface area contributed by atoms with E-state index in [2.05, 4.69) is 20.5 Å². The van der Waals surface area contributed by atoms with Crippen molar-refractivity contribution in [1.82, 2.24) is 25.1 Å². The second-order valence-corrected chi connectivity index (χ2v) is 4.65. The van der Waals surface area contributed by atoms with E-state index in [9.17, 15) is 4.39 Å². The molecule has 0 spiro atoms. The third-order valence-corrected chi connectivity index (χ3v) is 2.89. The molecule has 1 unspecified atom stereocenters. The Kier molecular flexibility index (Phi) is 3.44. The minimum Gasteiger partial charge on any atom is -0.337 e. The molecule has 0 amide bonds. The zero-order chi connectivity index (χ0) is 14.8. The summed E-state index contributed by atoms with van der Waals surface area (Å²) in [5, 5.41) is 11.7. The van der Waals surface area contributed by atoms with Gasteiger partial charge < -0.3 is 10.3 Å². The fourth-order valence-corrected chi connectivity index (χ4v) is 1.77. The first kappa shape index (κ1) is 13.4. The molecule has 0 fully saturated rings. The summed E-state index contributed by atoms with van der Waals surface area (Å²) in [6.45, 7) is 2.13. The Balaban J connectivity index is 1.76. The highest BCUT2D eigenvalue weighted by molar-refractivity contribution is 5.53. The van der Waals surface area contributed by atoms with Gasteiger partial charge in [-0.05, 0) is 31.2 Å². The summed E-state index contributed by atoms with van der Waals surface area (Å²) in [5.41, 5.74) is 7.08. The summed E-state index contributed by atoms with van der Waals surface area (Å²) in [5.74, 6) is 0.474. The summed E-state index contributed by atoms with van der Waals surface area (Å²) >= 11 is 0. The maximum absolute atomic E-state index is 12.9. The van der Waals surface area contributed by atoms with Gasteiger partial charge in [-0.15, -0.1) is 5.10 Å². The number of nitrogens with two attached hydrogens (primary N) is 1. The SMILES string of the molecule is CC(N)c1cn(Cc2nc(-c3ccc(F)cc3)no2)nn1. The molecule has 0 bridgehead atoms. The summed E-state index contributed by atoms with van der Waals surface area (Å²) in [7, 11) is 0. The standard InChI is InChI=1S/C13H13FN6O/c1-8(15)11-6-20(19-17-11)7-12-16-13(18-21-12)9-2-4-10(14)5-3-9/h2-6,8H,7,15H2,1H3. The van der Waals surface area contributed by atoms with Crippen LogP contribution >= 0.6 is 0 Å². The van der Waals surface area contributed by atoms with Gasteiger partial charge in [0.25, 0.3) is 0 Å². The van der Waals surface area contributed by atoms with Gasteiger partial charge in [0, 0.05) is 11.6 Å². The number of hydrogen-bond donors (Lipinski definition) is 1. The Morgan fingerprint density at radius 2 is 2.10 bits per heavy atom. The lowest BCUT2D eigenvalue weighted by Crippen LogP contribution is -2.05. The van der Waals surface area contributed by atoms with Gasteiger partial charge in [-0.25, -0.2) is 9.07 Å². The van der Waals surface area contributed by atoms with E-state index in [0.29, 0.717) is 29.5 Å². The molecule has 1 aromatic carbocycles. The second-order valence-electron chi connectivity index (χ2n) is 4.65.